The minimum atomic E-state index is -4.89. The predicted molar refractivity (Wildman–Crippen MR) is 110 cm³/mol. The number of anilines is 1. The van der Waals surface area contributed by atoms with E-state index in [1.807, 2.05) is 0 Å². The van der Waals surface area contributed by atoms with Gasteiger partial charge in [0.05, 0.1) is 7.11 Å². The van der Waals surface area contributed by atoms with Gasteiger partial charge >= 0.3 is 6.18 Å². The number of hydrogen-bond acceptors (Lipinski definition) is 5. The molecule has 7 nitrogen and oxygen atoms in total. The molecule has 0 unspecified atom stereocenters. The summed E-state index contributed by atoms with van der Waals surface area (Å²) in [4.78, 5) is 28.2. The van der Waals surface area contributed by atoms with Gasteiger partial charge in [0.2, 0.25) is 5.82 Å². The molecule has 1 saturated heterocycles. The largest absolute Gasteiger partial charge is 0.493 e. The van der Waals surface area contributed by atoms with Crippen molar-refractivity contribution in [3.63, 3.8) is 0 Å². The van der Waals surface area contributed by atoms with Crippen LogP contribution in [0.4, 0.5) is 27.6 Å². The summed E-state index contributed by atoms with van der Waals surface area (Å²) in [5.41, 5.74) is 2.09. The standard InChI is InChI=1S/C22H22F5N3O4/c1-4-12-15(11-5-6-13(23)16(24)17(11)33-3)18(34-21(12,2)22(25,26)27)20(32)30-10-7-8-29-14(9-10)19(28)31/h5-9,12,15,18H,4H2,1-3H3,(H2,28,31)(H,29,30,32)/t12-,15-,18+,21+/m1/s1. The van der Waals surface area contributed by atoms with Crippen LogP contribution in [-0.4, -0.2) is 41.8 Å². The van der Waals surface area contributed by atoms with Crippen LogP contribution in [-0.2, 0) is 9.53 Å². The number of amides is 2. The average molecular weight is 487 g/mol. The van der Waals surface area contributed by atoms with E-state index in [1.165, 1.54) is 19.2 Å². The molecule has 2 aromatic rings. The first-order valence-corrected chi connectivity index (χ1v) is 10.2. The molecule has 0 saturated carbocycles. The van der Waals surface area contributed by atoms with Gasteiger partial charge in [0.25, 0.3) is 11.8 Å². The summed E-state index contributed by atoms with van der Waals surface area (Å²) in [5, 5.41) is 2.39. The number of nitrogens with one attached hydrogen (secondary N) is 1. The number of halogens is 5. The number of primary amides is 1. The molecule has 1 aromatic carbocycles. The van der Waals surface area contributed by atoms with Gasteiger partial charge in [-0.3, -0.25) is 14.6 Å². The van der Waals surface area contributed by atoms with E-state index >= 15 is 0 Å². The van der Waals surface area contributed by atoms with Crippen LogP contribution in [0, 0.1) is 17.6 Å². The molecule has 2 heterocycles. The summed E-state index contributed by atoms with van der Waals surface area (Å²) >= 11 is 0. The SMILES string of the molecule is CC[C@@H]1[C@@H](c2ccc(F)c(F)c2OC)[C@@H](C(=O)Nc2ccnc(C(N)=O)c2)O[C@]1(C)C(F)(F)F. The maximum Gasteiger partial charge on any atom is 0.417 e. The van der Waals surface area contributed by atoms with E-state index in [0.29, 0.717) is 0 Å². The zero-order valence-corrected chi connectivity index (χ0v) is 18.4. The topological polar surface area (TPSA) is 104 Å². The second-order valence-electron chi connectivity index (χ2n) is 7.95. The Hall–Kier alpha value is -3.28. The number of carbonyl (C=O) groups is 2. The van der Waals surface area contributed by atoms with Crippen molar-refractivity contribution in [2.24, 2.45) is 11.7 Å². The van der Waals surface area contributed by atoms with Gasteiger partial charge in [-0.05, 0) is 31.5 Å². The second-order valence-corrected chi connectivity index (χ2v) is 7.95. The molecule has 0 radical (unpaired) electrons. The van der Waals surface area contributed by atoms with Gasteiger partial charge < -0.3 is 20.5 Å². The fraction of sp³-hybridized carbons (Fsp3) is 0.409. The minimum absolute atomic E-state index is 0.0297. The smallest absolute Gasteiger partial charge is 0.417 e. The lowest BCUT2D eigenvalue weighted by Crippen LogP contribution is -2.48. The van der Waals surface area contributed by atoms with E-state index in [0.717, 1.165) is 32.2 Å². The Balaban J connectivity index is 2.11. The van der Waals surface area contributed by atoms with Crippen molar-refractivity contribution in [2.75, 3.05) is 12.4 Å². The highest BCUT2D eigenvalue weighted by molar-refractivity contribution is 5.97. The van der Waals surface area contributed by atoms with Crippen LogP contribution in [0.1, 0.15) is 42.2 Å². The lowest BCUT2D eigenvalue weighted by molar-refractivity contribution is -0.274. The molecule has 0 aliphatic carbocycles. The molecule has 1 fully saturated rings. The van der Waals surface area contributed by atoms with Gasteiger partial charge in [0, 0.05) is 29.3 Å². The number of benzene rings is 1. The van der Waals surface area contributed by atoms with Crippen molar-refractivity contribution in [3.8, 4) is 5.75 Å². The molecular formula is C22H22F5N3O4. The van der Waals surface area contributed by atoms with Crippen molar-refractivity contribution >= 4 is 17.5 Å². The van der Waals surface area contributed by atoms with Crippen molar-refractivity contribution in [1.29, 1.82) is 0 Å². The molecule has 2 amide bonds. The molecular weight excluding hydrogens is 465 g/mol. The van der Waals surface area contributed by atoms with E-state index in [1.54, 1.807) is 0 Å². The highest BCUT2D eigenvalue weighted by Crippen LogP contribution is 2.56. The summed E-state index contributed by atoms with van der Waals surface area (Å²) in [6, 6.07) is 4.27. The molecule has 4 atom stereocenters. The lowest BCUT2D eigenvalue weighted by Gasteiger charge is -2.33. The average Bonchev–Trinajstić information content (AvgIpc) is 3.09. The van der Waals surface area contributed by atoms with Crippen LogP contribution in [0.25, 0.3) is 0 Å². The predicted octanol–water partition coefficient (Wildman–Crippen LogP) is 3.94. The summed E-state index contributed by atoms with van der Waals surface area (Å²) in [6.07, 6.45) is -5.58. The maximum absolute atomic E-state index is 14.5. The molecule has 1 aromatic heterocycles. The number of ether oxygens (including phenoxy) is 2. The molecule has 3 N–H and O–H groups in total. The van der Waals surface area contributed by atoms with Crippen LogP contribution in [0.15, 0.2) is 30.5 Å². The number of aromatic nitrogens is 1. The molecule has 184 valence electrons. The van der Waals surface area contributed by atoms with Gasteiger partial charge in [-0.1, -0.05) is 13.0 Å². The summed E-state index contributed by atoms with van der Waals surface area (Å²) in [7, 11) is 1.04. The fourth-order valence-electron chi connectivity index (χ4n) is 4.37. The number of pyridine rings is 1. The number of nitrogens with two attached hydrogens (primary N) is 1. The minimum Gasteiger partial charge on any atom is -0.493 e. The van der Waals surface area contributed by atoms with Gasteiger partial charge in [-0.25, -0.2) is 4.39 Å². The summed E-state index contributed by atoms with van der Waals surface area (Å²) in [5.74, 6) is -7.84. The zero-order chi connectivity index (χ0) is 25.4. The molecule has 1 aliphatic rings. The Morgan fingerprint density at radius 1 is 1.26 bits per heavy atom. The fourth-order valence-corrected chi connectivity index (χ4v) is 4.37. The molecule has 0 bridgehead atoms. The Morgan fingerprint density at radius 3 is 2.50 bits per heavy atom. The number of rotatable bonds is 6. The van der Waals surface area contributed by atoms with Crippen LogP contribution >= 0.6 is 0 Å². The Labute approximate surface area is 191 Å². The van der Waals surface area contributed by atoms with E-state index in [-0.39, 0.29) is 23.4 Å². The van der Waals surface area contributed by atoms with Crippen molar-refractivity contribution < 1.29 is 41.0 Å². The van der Waals surface area contributed by atoms with Crippen LogP contribution < -0.4 is 15.8 Å². The van der Waals surface area contributed by atoms with E-state index in [4.69, 9.17) is 15.2 Å². The normalized spacial score (nSPS) is 24.6. The van der Waals surface area contributed by atoms with Gasteiger partial charge in [-0.2, -0.15) is 17.6 Å². The van der Waals surface area contributed by atoms with Gasteiger partial charge in [0.15, 0.2) is 17.2 Å². The highest BCUT2D eigenvalue weighted by Gasteiger charge is 2.66. The van der Waals surface area contributed by atoms with Crippen molar-refractivity contribution in [2.45, 2.75) is 44.1 Å². The molecule has 1 aliphatic heterocycles. The first-order valence-electron chi connectivity index (χ1n) is 10.2. The third-order valence-corrected chi connectivity index (χ3v) is 6.02. The second kappa shape index (κ2) is 9.16. The van der Waals surface area contributed by atoms with E-state index < -0.39 is 58.9 Å². The van der Waals surface area contributed by atoms with E-state index in [9.17, 15) is 31.5 Å². The Bertz CT molecular complexity index is 1110. The molecule has 12 heteroatoms. The molecule has 3 rings (SSSR count). The Kier molecular flexibility index (Phi) is 6.83. The Morgan fingerprint density at radius 2 is 1.94 bits per heavy atom. The summed E-state index contributed by atoms with van der Waals surface area (Å²) in [6.45, 7) is 2.28. The van der Waals surface area contributed by atoms with Gasteiger partial charge in [0.1, 0.15) is 11.8 Å². The maximum atomic E-state index is 14.5. The lowest BCUT2D eigenvalue weighted by atomic mass is 9.74. The monoisotopic (exact) mass is 487 g/mol. The van der Waals surface area contributed by atoms with Crippen LogP contribution in [0.5, 0.6) is 5.75 Å². The first-order chi connectivity index (χ1) is 15.9. The molecule has 34 heavy (non-hydrogen) atoms. The van der Waals surface area contributed by atoms with Gasteiger partial charge in [-0.15, -0.1) is 0 Å². The quantitative estimate of drug-likeness (QED) is 0.601. The third kappa shape index (κ3) is 4.29. The number of nitrogens with zero attached hydrogens (tertiary/aromatic N) is 1. The number of alkyl halides is 3. The van der Waals surface area contributed by atoms with E-state index in [2.05, 4.69) is 10.3 Å². The molecule has 0 spiro atoms. The van der Waals surface area contributed by atoms with Crippen LogP contribution in [0.2, 0.25) is 0 Å². The number of carbonyl (C=O) groups excluding carboxylic acids is 2. The first kappa shape index (κ1) is 25.3. The van der Waals surface area contributed by atoms with Crippen LogP contribution in [0.3, 0.4) is 0 Å². The zero-order valence-electron chi connectivity index (χ0n) is 18.4. The third-order valence-electron chi connectivity index (χ3n) is 6.02. The summed E-state index contributed by atoms with van der Waals surface area (Å²) < 4.78 is 80.9. The number of hydrogen-bond donors (Lipinski definition) is 2. The van der Waals surface area contributed by atoms with Crippen molar-refractivity contribution in [1.82, 2.24) is 4.98 Å². The van der Waals surface area contributed by atoms with Crippen molar-refractivity contribution in [3.05, 3.63) is 53.4 Å². The number of methoxy groups -OCH3 is 1. The highest BCUT2D eigenvalue weighted by atomic mass is 19.4.